The Hall–Kier alpha value is -1.29. The lowest BCUT2D eigenvalue weighted by Crippen LogP contribution is -2.23. The summed E-state index contributed by atoms with van der Waals surface area (Å²) in [6.07, 6.45) is 11.4. The number of aryl methyl sites for hydroxylation is 1. The van der Waals surface area contributed by atoms with Crippen molar-refractivity contribution in [1.29, 1.82) is 0 Å². The van der Waals surface area contributed by atoms with E-state index in [1.54, 1.807) is 12.3 Å². The van der Waals surface area contributed by atoms with Gasteiger partial charge in [0, 0.05) is 24.8 Å². The standard InChI is InChI=1S/C19H34N2O2/c1-4-6-8-9-10-11-13-21-16-19(23)18(22)14-17(21)15-20(3)12-7-5-2/h14,16,23H,4-13,15H2,1-3H3. The molecular weight excluding hydrogens is 288 g/mol. The highest BCUT2D eigenvalue weighted by Crippen LogP contribution is 2.12. The summed E-state index contributed by atoms with van der Waals surface area (Å²) >= 11 is 0. The molecule has 0 spiro atoms. The number of unbranched alkanes of at least 4 members (excludes halogenated alkanes) is 6. The first-order chi connectivity index (χ1) is 11.1. The van der Waals surface area contributed by atoms with Gasteiger partial charge in [-0.3, -0.25) is 4.79 Å². The van der Waals surface area contributed by atoms with Crippen molar-refractivity contribution in [2.45, 2.75) is 78.3 Å². The zero-order valence-corrected chi connectivity index (χ0v) is 15.2. The van der Waals surface area contributed by atoms with E-state index in [4.69, 9.17) is 0 Å². The molecule has 0 aromatic carbocycles. The fourth-order valence-electron chi connectivity index (χ4n) is 2.79. The van der Waals surface area contributed by atoms with E-state index in [1.165, 1.54) is 38.5 Å². The van der Waals surface area contributed by atoms with E-state index in [1.807, 2.05) is 0 Å². The third kappa shape index (κ3) is 7.69. The Morgan fingerprint density at radius 1 is 1.04 bits per heavy atom. The van der Waals surface area contributed by atoms with E-state index in [0.29, 0.717) is 0 Å². The van der Waals surface area contributed by atoms with Crippen molar-refractivity contribution in [1.82, 2.24) is 9.47 Å². The van der Waals surface area contributed by atoms with E-state index < -0.39 is 0 Å². The smallest absolute Gasteiger partial charge is 0.223 e. The molecule has 132 valence electrons. The van der Waals surface area contributed by atoms with Gasteiger partial charge in [0.05, 0.1) is 6.20 Å². The summed E-state index contributed by atoms with van der Waals surface area (Å²) in [4.78, 5) is 14.0. The maximum atomic E-state index is 11.8. The third-order valence-corrected chi connectivity index (χ3v) is 4.28. The molecule has 4 nitrogen and oxygen atoms in total. The van der Waals surface area contributed by atoms with Crippen LogP contribution in [0, 0.1) is 0 Å². The van der Waals surface area contributed by atoms with Crippen molar-refractivity contribution in [3.63, 3.8) is 0 Å². The van der Waals surface area contributed by atoms with Crippen LogP contribution in [0.1, 0.15) is 70.9 Å². The van der Waals surface area contributed by atoms with Gasteiger partial charge in [-0.25, -0.2) is 0 Å². The molecule has 0 bridgehead atoms. The Bertz CT molecular complexity index is 497. The molecule has 0 atom stereocenters. The van der Waals surface area contributed by atoms with E-state index in [-0.39, 0.29) is 11.2 Å². The summed E-state index contributed by atoms with van der Waals surface area (Å²) in [7, 11) is 2.09. The van der Waals surface area contributed by atoms with Gasteiger partial charge in [-0.15, -0.1) is 0 Å². The van der Waals surface area contributed by atoms with Crippen LogP contribution in [0.25, 0.3) is 0 Å². The Kier molecular flexibility index (Phi) is 9.69. The average molecular weight is 322 g/mol. The molecule has 1 aromatic rings. The number of rotatable bonds is 12. The number of nitrogens with zero attached hydrogens (tertiary/aromatic N) is 2. The second-order valence-electron chi connectivity index (χ2n) is 6.57. The second-order valence-corrected chi connectivity index (χ2v) is 6.57. The maximum Gasteiger partial charge on any atom is 0.223 e. The van der Waals surface area contributed by atoms with Crippen molar-refractivity contribution < 1.29 is 5.11 Å². The summed E-state index contributed by atoms with van der Waals surface area (Å²) in [6.45, 7) is 7.07. The van der Waals surface area contributed by atoms with E-state index >= 15 is 0 Å². The highest BCUT2D eigenvalue weighted by Gasteiger charge is 2.08. The molecule has 1 rings (SSSR count). The lowest BCUT2D eigenvalue weighted by molar-refractivity contribution is 0.308. The van der Waals surface area contributed by atoms with E-state index in [9.17, 15) is 9.90 Å². The zero-order chi connectivity index (χ0) is 17.1. The van der Waals surface area contributed by atoms with Crippen molar-refractivity contribution in [3.05, 3.63) is 28.2 Å². The molecule has 0 unspecified atom stereocenters. The van der Waals surface area contributed by atoms with Gasteiger partial charge in [0.25, 0.3) is 0 Å². The molecule has 1 heterocycles. The van der Waals surface area contributed by atoms with Crippen LogP contribution in [-0.2, 0) is 13.1 Å². The van der Waals surface area contributed by atoms with Gasteiger partial charge in [-0.05, 0) is 26.4 Å². The molecule has 0 amide bonds. The fourth-order valence-corrected chi connectivity index (χ4v) is 2.79. The Balaban J connectivity index is 2.61. The van der Waals surface area contributed by atoms with Crippen molar-refractivity contribution in [3.8, 4) is 5.75 Å². The van der Waals surface area contributed by atoms with Gasteiger partial charge in [0.15, 0.2) is 5.75 Å². The number of aromatic hydroxyl groups is 1. The molecule has 4 heteroatoms. The lowest BCUT2D eigenvalue weighted by atomic mass is 10.1. The lowest BCUT2D eigenvalue weighted by Gasteiger charge is -2.20. The van der Waals surface area contributed by atoms with Crippen molar-refractivity contribution in [2.24, 2.45) is 0 Å². The predicted molar refractivity (Wildman–Crippen MR) is 97.0 cm³/mol. The fraction of sp³-hybridized carbons (Fsp3) is 0.737. The normalized spacial score (nSPS) is 11.3. The Morgan fingerprint density at radius 3 is 2.39 bits per heavy atom. The van der Waals surface area contributed by atoms with Crippen molar-refractivity contribution in [2.75, 3.05) is 13.6 Å². The average Bonchev–Trinajstić information content (AvgIpc) is 2.53. The largest absolute Gasteiger partial charge is 0.503 e. The van der Waals surface area contributed by atoms with Crippen LogP contribution in [-0.4, -0.2) is 28.2 Å². The van der Waals surface area contributed by atoms with E-state index in [2.05, 4.69) is 30.4 Å². The number of pyridine rings is 1. The van der Waals surface area contributed by atoms with Gasteiger partial charge in [-0.2, -0.15) is 0 Å². The zero-order valence-electron chi connectivity index (χ0n) is 15.2. The van der Waals surface area contributed by atoms with Crippen LogP contribution in [0.15, 0.2) is 17.1 Å². The van der Waals surface area contributed by atoms with E-state index in [0.717, 1.165) is 38.2 Å². The summed E-state index contributed by atoms with van der Waals surface area (Å²) in [5.41, 5.74) is 0.725. The van der Waals surface area contributed by atoms with Gasteiger partial charge in [0.1, 0.15) is 0 Å². The first kappa shape index (κ1) is 19.8. The molecule has 0 saturated carbocycles. The number of aromatic nitrogens is 1. The minimum Gasteiger partial charge on any atom is -0.503 e. The minimum atomic E-state index is -0.275. The molecule has 0 aliphatic heterocycles. The van der Waals surface area contributed by atoms with Gasteiger partial charge >= 0.3 is 0 Å². The van der Waals surface area contributed by atoms with Gasteiger partial charge < -0.3 is 14.6 Å². The number of hydrogen-bond donors (Lipinski definition) is 1. The van der Waals surface area contributed by atoms with Gasteiger partial charge in [0.2, 0.25) is 5.43 Å². The molecular formula is C19H34N2O2. The molecule has 0 aliphatic rings. The van der Waals surface area contributed by atoms with Crippen LogP contribution >= 0.6 is 0 Å². The maximum absolute atomic E-state index is 11.8. The summed E-state index contributed by atoms with van der Waals surface area (Å²) in [5, 5.41) is 9.73. The van der Waals surface area contributed by atoms with Crippen LogP contribution in [0.4, 0.5) is 0 Å². The molecule has 23 heavy (non-hydrogen) atoms. The Morgan fingerprint density at radius 2 is 1.70 bits per heavy atom. The van der Waals surface area contributed by atoms with Gasteiger partial charge in [-0.1, -0.05) is 52.4 Å². The monoisotopic (exact) mass is 322 g/mol. The van der Waals surface area contributed by atoms with Crippen LogP contribution < -0.4 is 5.43 Å². The molecule has 0 fully saturated rings. The van der Waals surface area contributed by atoms with Crippen LogP contribution in [0.5, 0.6) is 5.75 Å². The molecule has 0 saturated heterocycles. The SMILES string of the molecule is CCCCCCCCn1cc(O)c(=O)cc1CN(C)CCCC. The van der Waals surface area contributed by atoms with Crippen molar-refractivity contribution >= 4 is 0 Å². The molecule has 1 N–H and O–H groups in total. The number of hydrogen-bond acceptors (Lipinski definition) is 3. The third-order valence-electron chi connectivity index (χ3n) is 4.28. The first-order valence-electron chi connectivity index (χ1n) is 9.19. The highest BCUT2D eigenvalue weighted by atomic mass is 16.3. The summed E-state index contributed by atoms with van der Waals surface area (Å²) in [6, 6.07) is 1.59. The Labute approximate surface area is 141 Å². The van der Waals surface area contributed by atoms with Crippen LogP contribution in [0.3, 0.4) is 0 Å². The first-order valence-corrected chi connectivity index (χ1v) is 9.19. The second kappa shape index (κ2) is 11.3. The summed E-state index contributed by atoms with van der Waals surface area (Å²) < 4.78 is 2.05. The molecule has 0 radical (unpaired) electrons. The molecule has 0 aliphatic carbocycles. The highest BCUT2D eigenvalue weighted by molar-refractivity contribution is 5.20. The quantitative estimate of drug-likeness (QED) is 0.588. The predicted octanol–water partition coefficient (Wildman–Crippen LogP) is 4.15. The van der Waals surface area contributed by atoms with Crippen LogP contribution in [0.2, 0.25) is 0 Å². The topological polar surface area (TPSA) is 45.5 Å². The molecule has 1 aromatic heterocycles. The summed E-state index contributed by atoms with van der Waals surface area (Å²) in [5.74, 6) is -0.143. The minimum absolute atomic E-state index is 0.143.